The van der Waals surface area contributed by atoms with E-state index in [9.17, 15) is 9.59 Å². The maximum atomic E-state index is 12.9. The first-order valence-corrected chi connectivity index (χ1v) is 7.96. The van der Waals surface area contributed by atoms with E-state index in [0.29, 0.717) is 24.8 Å². The maximum Gasteiger partial charge on any atom is 0.248 e. The van der Waals surface area contributed by atoms with Gasteiger partial charge in [0.25, 0.3) is 0 Å². The molecule has 114 valence electrons. The molecule has 1 saturated carbocycles. The van der Waals surface area contributed by atoms with Gasteiger partial charge in [-0.25, -0.2) is 0 Å². The lowest BCUT2D eigenvalue weighted by Gasteiger charge is -2.36. The van der Waals surface area contributed by atoms with Gasteiger partial charge in [-0.1, -0.05) is 13.8 Å². The molecule has 20 heavy (non-hydrogen) atoms. The van der Waals surface area contributed by atoms with Gasteiger partial charge in [-0.3, -0.25) is 9.59 Å². The average molecular weight is 280 g/mol. The first-order chi connectivity index (χ1) is 9.34. The number of hydrogen-bond donors (Lipinski definition) is 1. The summed E-state index contributed by atoms with van der Waals surface area (Å²) in [5.74, 6) is 1.12. The van der Waals surface area contributed by atoms with Crippen LogP contribution in [0.15, 0.2) is 0 Å². The molecule has 2 amide bonds. The number of nitrogens with zero attached hydrogens (tertiary/aromatic N) is 1. The van der Waals surface area contributed by atoms with Gasteiger partial charge < -0.3 is 10.2 Å². The Balaban J connectivity index is 2.11. The molecule has 2 unspecified atom stereocenters. The van der Waals surface area contributed by atoms with E-state index < -0.39 is 5.54 Å². The molecule has 1 aliphatic carbocycles. The lowest BCUT2D eigenvalue weighted by atomic mass is 9.93. The zero-order chi connectivity index (χ0) is 14.9. The molecule has 0 bridgehead atoms. The Morgan fingerprint density at radius 3 is 2.45 bits per heavy atom. The molecule has 0 radical (unpaired) electrons. The smallest absolute Gasteiger partial charge is 0.248 e. The molecule has 2 fully saturated rings. The summed E-state index contributed by atoms with van der Waals surface area (Å²) in [6.07, 6.45) is 4.67. The summed E-state index contributed by atoms with van der Waals surface area (Å²) < 4.78 is 0. The van der Waals surface area contributed by atoms with Crippen molar-refractivity contribution in [2.24, 2.45) is 11.8 Å². The molecule has 4 heteroatoms. The Kier molecular flexibility index (Phi) is 4.40. The molecule has 1 heterocycles. The molecule has 0 aromatic heterocycles. The summed E-state index contributed by atoms with van der Waals surface area (Å²) in [7, 11) is 0. The first-order valence-electron chi connectivity index (χ1n) is 7.96. The highest BCUT2D eigenvalue weighted by Gasteiger charge is 2.51. The lowest BCUT2D eigenvalue weighted by Crippen LogP contribution is -2.58. The number of rotatable bonds is 5. The van der Waals surface area contributed by atoms with Crippen molar-refractivity contribution in [3.63, 3.8) is 0 Å². The largest absolute Gasteiger partial charge is 0.342 e. The van der Waals surface area contributed by atoms with E-state index in [0.717, 1.165) is 25.7 Å². The van der Waals surface area contributed by atoms with Crippen molar-refractivity contribution in [1.82, 2.24) is 10.2 Å². The van der Waals surface area contributed by atoms with E-state index in [1.807, 2.05) is 11.8 Å². The van der Waals surface area contributed by atoms with Crippen molar-refractivity contribution in [3.8, 4) is 0 Å². The van der Waals surface area contributed by atoms with Crippen LogP contribution in [0, 0.1) is 11.8 Å². The Morgan fingerprint density at radius 1 is 1.25 bits per heavy atom. The van der Waals surface area contributed by atoms with Crippen LogP contribution in [-0.4, -0.2) is 34.8 Å². The monoisotopic (exact) mass is 280 g/mol. The highest BCUT2D eigenvalue weighted by Crippen LogP contribution is 2.41. The van der Waals surface area contributed by atoms with Gasteiger partial charge in [0.1, 0.15) is 5.54 Å². The zero-order valence-electron chi connectivity index (χ0n) is 13.2. The van der Waals surface area contributed by atoms with Crippen LogP contribution in [0.5, 0.6) is 0 Å². The zero-order valence-corrected chi connectivity index (χ0v) is 13.2. The minimum Gasteiger partial charge on any atom is -0.342 e. The highest BCUT2D eigenvalue weighted by atomic mass is 16.2. The predicted molar refractivity (Wildman–Crippen MR) is 79.1 cm³/mol. The molecule has 0 spiro atoms. The van der Waals surface area contributed by atoms with E-state index in [4.69, 9.17) is 0 Å². The standard InChI is InChI=1S/C16H28N2O2/c1-11(2)5-6-12(3)18-10-9-14(19)17-16(4,15(18)20)13-7-8-13/h11-13H,5-10H2,1-4H3,(H,17,19). The average Bonchev–Trinajstić information content (AvgIpc) is 3.19. The quantitative estimate of drug-likeness (QED) is 0.840. The second kappa shape index (κ2) is 5.74. The van der Waals surface area contributed by atoms with Crippen LogP contribution in [0.1, 0.15) is 59.8 Å². The molecule has 1 saturated heterocycles. The van der Waals surface area contributed by atoms with Gasteiger partial charge in [-0.15, -0.1) is 0 Å². The fourth-order valence-electron chi connectivity index (χ4n) is 3.12. The van der Waals surface area contributed by atoms with Crippen LogP contribution in [0.3, 0.4) is 0 Å². The molecule has 2 aliphatic rings. The number of carbonyl (C=O) groups excluding carboxylic acids is 2. The minimum atomic E-state index is -0.667. The van der Waals surface area contributed by atoms with Crippen molar-refractivity contribution in [2.45, 2.75) is 71.4 Å². The van der Waals surface area contributed by atoms with E-state index in [1.165, 1.54) is 0 Å². The van der Waals surface area contributed by atoms with Crippen LogP contribution in [0.4, 0.5) is 0 Å². The third-order valence-corrected chi connectivity index (χ3v) is 4.77. The Morgan fingerprint density at radius 2 is 1.90 bits per heavy atom. The fourth-order valence-corrected chi connectivity index (χ4v) is 3.12. The number of carbonyl (C=O) groups is 2. The Bertz CT molecular complexity index is 390. The second-order valence-corrected chi connectivity index (χ2v) is 7.09. The molecular weight excluding hydrogens is 252 g/mol. The van der Waals surface area contributed by atoms with Gasteiger partial charge in [-0.05, 0) is 51.4 Å². The number of hydrogen-bond acceptors (Lipinski definition) is 2. The SMILES string of the molecule is CC(C)CCC(C)N1CCC(=O)NC(C)(C2CC2)C1=O. The predicted octanol–water partition coefficient (Wildman–Crippen LogP) is 2.33. The van der Waals surface area contributed by atoms with Gasteiger partial charge >= 0.3 is 0 Å². The van der Waals surface area contributed by atoms with E-state index in [1.54, 1.807) is 0 Å². The van der Waals surface area contributed by atoms with Crippen molar-refractivity contribution in [3.05, 3.63) is 0 Å². The third-order valence-electron chi connectivity index (χ3n) is 4.77. The topological polar surface area (TPSA) is 49.4 Å². The molecule has 2 atom stereocenters. The van der Waals surface area contributed by atoms with Crippen LogP contribution in [-0.2, 0) is 9.59 Å². The number of nitrogens with one attached hydrogen (secondary N) is 1. The number of amides is 2. The fraction of sp³-hybridized carbons (Fsp3) is 0.875. The molecule has 1 aliphatic heterocycles. The Hall–Kier alpha value is -1.06. The minimum absolute atomic E-state index is 0.0197. The van der Waals surface area contributed by atoms with Gasteiger partial charge in [0, 0.05) is 19.0 Å². The van der Waals surface area contributed by atoms with E-state index in [-0.39, 0.29) is 17.9 Å². The second-order valence-electron chi connectivity index (χ2n) is 7.09. The molecule has 0 aromatic rings. The van der Waals surface area contributed by atoms with E-state index in [2.05, 4.69) is 26.1 Å². The van der Waals surface area contributed by atoms with Crippen molar-refractivity contribution in [2.75, 3.05) is 6.54 Å². The molecule has 0 aromatic carbocycles. The summed E-state index contributed by atoms with van der Waals surface area (Å²) in [4.78, 5) is 26.8. The molecule has 2 rings (SSSR count). The molecular formula is C16H28N2O2. The van der Waals surface area contributed by atoms with Crippen LogP contribution in [0.2, 0.25) is 0 Å². The third kappa shape index (κ3) is 3.15. The van der Waals surface area contributed by atoms with E-state index >= 15 is 0 Å². The van der Waals surface area contributed by atoms with Crippen molar-refractivity contribution >= 4 is 11.8 Å². The van der Waals surface area contributed by atoms with Crippen LogP contribution < -0.4 is 5.32 Å². The van der Waals surface area contributed by atoms with Gasteiger partial charge in [0.05, 0.1) is 0 Å². The van der Waals surface area contributed by atoms with Gasteiger partial charge in [0.15, 0.2) is 0 Å². The summed E-state index contributed by atoms with van der Waals surface area (Å²) in [6.45, 7) is 9.00. The van der Waals surface area contributed by atoms with Gasteiger partial charge in [-0.2, -0.15) is 0 Å². The highest BCUT2D eigenvalue weighted by molar-refractivity contribution is 5.94. The van der Waals surface area contributed by atoms with Crippen LogP contribution >= 0.6 is 0 Å². The van der Waals surface area contributed by atoms with Crippen LogP contribution in [0.25, 0.3) is 0 Å². The normalized spacial score (nSPS) is 29.4. The Labute approximate surface area is 122 Å². The summed E-state index contributed by atoms with van der Waals surface area (Å²) in [6, 6.07) is 0.218. The van der Waals surface area contributed by atoms with Gasteiger partial charge in [0.2, 0.25) is 11.8 Å². The lowest BCUT2D eigenvalue weighted by molar-refractivity contribution is -0.141. The van der Waals surface area contributed by atoms with Crippen molar-refractivity contribution in [1.29, 1.82) is 0 Å². The summed E-state index contributed by atoms with van der Waals surface area (Å²) >= 11 is 0. The summed E-state index contributed by atoms with van der Waals surface area (Å²) in [5, 5.41) is 2.99. The maximum absolute atomic E-state index is 12.9. The van der Waals surface area contributed by atoms with Crippen molar-refractivity contribution < 1.29 is 9.59 Å². The molecule has 4 nitrogen and oxygen atoms in total. The molecule has 1 N–H and O–H groups in total. The first kappa shape index (κ1) is 15.3. The summed E-state index contributed by atoms with van der Waals surface area (Å²) in [5.41, 5.74) is -0.667.